The summed E-state index contributed by atoms with van der Waals surface area (Å²) in [6.07, 6.45) is -0.335. The lowest BCUT2D eigenvalue weighted by Crippen LogP contribution is -2.26. The Kier molecular flexibility index (Phi) is 4.93. The van der Waals surface area contributed by atoms with Gasteiger partial charge in [0.15, 0.2) is 11.9 Å². The summed E-state index contributed by atoms with van der Waals surface area (Å²) in [7, 11) is 0. The minimum atomic E-state index is -0.767. The highest BCUT2D eigenvalue weighted by atomic mass is 16.5. The Hall–Kier alpha value is -2.95. The fraction of sp³-hybridized carbons (Fsp3) is 0.250. The predicted molar refractivity (Wildman–Crippen MR) is 96.4 cm³/mol. The second-order valence-electron chi connectivity index (χ2n) is 6.02. The maximum absolute atomic E-state index is 12.4. The number of benzene rings is 2. The molecular formula is C20H20N2O3. The largest absolute Gasteiger partial charge is 0.450 e. The topological polar surface area (TPSA) is 59.0 Å². The summed E-state index contributed by atoms with van der Waals surface area (Å²) in [6, 6.07) is 19.5. The number of hydrogen-bond acceptors (Lipinski definition) is 5. The van der Waals surface area contributed by atoms with Gasteiger partial charge in [0, 0.05) is 6.42 Å². The van der Waals surface area contributed by atoms with E-state index < -0.39 is 12.1 Å². The number of nitrogens with zero attached hydrogens (tertiary/aromatic N) is 2. The van der Waals surface area contributed by atoms with Crippen molar-refractivity contribution in [3.8, 4) is 0 Å². The number of ether oxygens (including phenoxy) is 1. The van der Waals surface area contributed by atoms with Crippen molar-refractivity contribution in [1.82, 2.24) is 0 Å². The quantitative estimate of drug-likeness (QED) is 0.784. The Morgan fingerprint density at radius 1 is 1.08 bits per heavy atom. The first kappa shape index (κ1) is 16.9. The number of para-hydroxylation sites is 1. The first-order chi connectivity index (χ1) is 12.1. The highest BCUT2D eigenvalue weighted by Crippen LogP contribution is 2.35. The van der Waals surface area contributed by atoms with Crippen molar-refractivity contribution in [3.05, 3.63) is 66.2 Å². The van der Waals surface area contributed by atoms with Crippen LogP contribution in [0.2, 0.25) is 0 Å². The van der Waals surface area contributed by atoms with E-state index in [1.165, 1.54) is 6.92 Å². The molecule has 0 saturated heterocycles. The minimum absolute atomic E-state index is 0.0845. The van der Waals surface area contributed by atoms with Gasteiger partial charge in [-0.1, -0.05) is 48.5 Å². The lowest BCUT2D eigenvalue weighted by Gasteiger charge is -2.23. The molecule has 0 aliphatic carbocycles. The Balaban J connectivity index is 1.89. The summed E-state index contributed by atoms with van der Waals surface area (Å²) in [5.74, 6) is -0.728. The standard InChI is InChI=1S/C20H20N2O3/c1-14(23)15(2)25-20(24)18-13-19(16-9-5-3-6-10-16)22(21-18)17-11-7-4-8-12-17/h3-12,15,19H,13H2,1-2H3. The van der Waals surface area contributed by atoms with Crippen molar-refractivity contribution in [2.75, 3.05) is 5.01 Å². The van der Waals surface area contributed by atoms with Gasteiger partial charge in [-0.25, -0.2) is 4.79 Å². The van der Waals surface area contributed by atoms with Crippen LogP contribution in [0.5, 0.6) is 0 Å². The van der Waals surface area contributed by atoms with Gasteiger partial charge in [-0.05, 0) is 31.5 Å². The molecule has 25 heavy (non-hydrogen) atoms. The molecule has 0 fully saturated rings. The summed E-state index contributed by atoms with van der Waals surface area (Å²) in [5.41, 5.74) is 2.29. The number of esters is 1. The molecule has 0 spiro atoms. The second kappa shape index (κ2) is 7.30. The third-order valence-electron chi connectivity index (χ3n) is 4.21. The van der Waals surface area contributed by atoms with Gasteiger partial charge >= 0.3 is 5.97 Å². The van der Waals surface area contributed by atoms with Crippen LogP contribution < -0.4 is 5.01 Å². The Bertz CT molecular complexity index is 787. The Labute approximate surface area is 146 Å². The van der Waals surface area contributed by atoms with E-state index in [4.69, 9.17) is 4.74 Å². The van der Waals surface area contributed by atoms with Crippen LogP contribution in [0, 0.1) is 0 Å². The molecule has 0 amide bonds. The second-order valence-corrected chi connectivity index (χ2v) is 6.02. The summed E-state index contributed by atoms with van der Waals surface area (Å²) < 4.78 is 5.22. The van der Waals surface area contributed by atoms with Crippen LogP contribution in [0.3, 0.4) is 0 Å². The monoisotopic (exact) mass is 336 g/mol. The smallest absolute Gasteiger partial charge is 0.355 e. The van der Waals surface area contributed by atoms with Gasteiger partial charge in [0.05, 0.1) is 11.7 Å². The van der Waals surface area contributed by atoms with Gasteiger partial charge in [-0.2, -0.15) is 5.10 Å². The summed E-state index contributed by atoms with van der Waals surface area (Å²) in [5, 5.41) is 6.33. The fourth-order valence-corrected chi connectivity index (χ4v) is 2.70. The van der Waals surface area contributed by atoms with Crippen LogP contribution in [0.1, 0.15) is 31.9 Å². The SMILES string of the molecule is CC(=O)C(C)OC(=O)C1=NN(c2ccccc2)C(c2ccccc2)C1. The number of rotatable bonds is 5. The number of Topliss-reactive ketones (excluding diaryl/α,β-unsaturated/α-hetero) is 1. The highest BCUT2D eigenvalue weighted by Gasteiger charge is 2.33. The molecule has 5 nitrogen and oxygen atoms in total. The van der Waals surface area contributed by atoms with Crippen molar-refractivity contribution >= 4 is 23.2 Å². The van der Waals surface area contributed by atoms with E-state index in [1.807, 2.05) is 65.7 Å². The fourth-order valence-electron chi connectivity index (χ4n) is 2.70. The zero-order chi connectivity index (χ0) is 17.8. The van der Waals surface area contributed by atoms with E-state index in [0.29, 0.717) is 12.1 Å². The molecule has 1 aliphatic rings. The van der Waals surface area contributed by atoms with E-state index in [2.05, 4.69) is 5.10 Å². The van der Waals surface area contributed by atoms with Gasteiger partial charge in [0.25, 0.3) is 0 Å². The molecule has 1 heterocycles. The molecule has 2 atom stereocenters. The minimum Gasteiger partial charge on any atom is -0.450 e. The van der Waals surface area contributed by atoms with Gasteiger partial charge in [-0.3, -0.25) is 9.80 Å². The Morgan fingerprint density at radius 2 is 1.68 bits per heavy atom. The maximum Gasteiger partial charge on any atom is 0.355 e. The highest BCUT2D eigenvalue weighted by molar-refractivity contribution is 6.37. The molecule has 0 N–H and O–H groups in total. The van der Waals surface area contributed by atoms with Gasteiger partial charge < -0.3 is 4.74 Å². The van der Waals surface area contributed by atoms with Crippen molar-refractivity contribution in [3.63, 3.8) is 0 Å². The zero-order valence-electron chi connectivity index (χ0n) is 14.3. The maximum atomic E-state index is 12.4. The summed E-state index contributed by atoms with van der Waals surface area (Å²) in [6.45, 7) is 2.97. The molecule has 2 aromatic rings. The van der Waals surface area contributed by atoms with Crippen LogP contribution in [0.25, 0.3) is 0 Å². The Morgan fingerprint density at radius 3 is 2.28 bits per heavy atom. The lowest BCUT2D eigenvalue weighted by molar-refractivity contribution is -0.146. The van der Waals surface area contributed by atoms with Crippen LogP contribution in [-0.4, -0.2) is 23.6 Å². The van der Waals surface area contributed by atoms with Gasteiger partial charge in [0.1, 0.15) is 5.71 Å². The first-order valence-electron chi connectivity index (χ1n) is 8.24. The number of carbonyl (C=O) groups excluding carboxylic acids is 2. The third kappa shape index (κ3) is 3.76. The summed E-state index contributed by atoms with van der Waals surface area (Å²) in [4.78, 5) is 23.7. The van der Waals surface area contributed by atoms with Crippen molar-refractivity contribution in [2.24, 2.45) is 5.10 Å². The predicted octanol–water partition coefficient (Wildman–Crippen LogP) is 3.51. The number of ketones is 1. The molecule has 2 unspecified atom stereocenters. The zero-order valence-corrected chi connectivity index (χ0v) is 14.3. The van der Waals surface area contributed by atoms with Crippen LogP contribution in [-0.2, 0) is 14.3 Å². The van der Waals surface area contributed by atoms with E-state index in [0.717, 1.165) is 11.3 Å². The van der Waals surface area contributed by atoms with Crippen molar-refractivity contribution in [1.29, 1.82) is 0 Å². The molecule has 0 aromatic heterocycles. The molecule has 0 saturated carbocycles. The number of carbonyl (C=O) groups is 2. The van der Waals surface area contributed by atoms with Gasteiger partial charge in [-0.15, -0.1) is 0 Å². The third-order valence-corrected chi connectivity index (χ3v) is 4.21. The number of anilines is 1. The summed E-state index contributed by atoms with van der Waals surface area (Å²) >= 11 is 0. The van der Waals surface area contributed by atoms with E-state index in [1.54, 1.807) is 6.92 Å². The molecule has 3 rings (SSSR count). The molecule has 128 valence electrons. The lowest BCUT2D eigenvalue weighted by atomic mass is 10.0. The molecule has 0 bridgehead atoms. The van der Waals surface area contributed by atoms with Crippen molar-refractivity contribution in [2.45, 2.75) is 32.4 Å². The molecule has 1 aliphatic heterocycles. The van der Waals surface area contributed by atoms with Crippen LogP contribution >= 0.6 is 0 Å². The first-order valence-corrected chi connectivity index (χ1v) is 8.24. The van der Waals surface area contributed by atoms with Crippen LogP contribution in [0.4, 0.5) is 5.69 Å². The molecular weight excluding hydrogens is 316 g/mol. The molecule has 2 aromatic carbocycles. The van der Waals surface area contributed by atoms with Crippen molar-refractivity contribution < 1.29 is 14.3 Å². The van der Waals surface area contributed by atoms with E-state index >= 15 is 0 Å². The molecule has 0 radical (unpaired) electrons. The van der Waals surface area contributed by atoms with E-state index in [-0.39, 0.29) is 11.8 Å². The number of hydrazone groups is 1. The average Bonchev–Trinajstić information content (AvgIpc) is 3.08. The average molecular weight is 336 g/mol. The normalized spacial score (nSPS) is 17.8. The van der Waals surface area contributed by atoms with E-state index in [9.17, 15) is 9.59 Å². The molecule has 5 heteroatoms. The van der Waals surface area contributed by atoms with Gasteiger partial charge in [0.2, 0.25) is 0 Å². The van der Waals surface area contributed by atoms with Crippen LogP contribution in [0.15, 0.2) is 65.8 Å². The number of hydrogen-bond donors (Lipinski definition) is 0.